The molecular weight excluding hydrogens is 254 g/mol. The Bertz CT molecular complexity index is 705. The molecule has 0 bridgehead atoms. The zero-order valence-corrected chi connectivity index (χ0v) is 11.5. The number of aromatic nitrogens is 1. The van der Waals surface area contributed by atoms with Gasteiger partial charge in [0, 0.05) is 30.1 Å². The number of nitrogens with zero attached hydrogens (tertiary/aromatic N) is 1. The average molecular weight is 271 g/mol. The van der Waals surface area contributed by atoms with E-state index >= 15 is 0 Å². The Kier molecular flexibility index (Phi) is 3.89. The van der Waals surface area contributed by atoms with E-state index in [-0.39, 0.29) is 11.5 Å². The summed E-state index contributed by atoms with van der Waals surface area (Å²) in [5, 5.41) is 2.78. The molecule has 0 aliphatic rings. The van der Waals surface area contributed by atoms with Gasteiger partial charge in [-0.25, -0.2) is 0 Å². The Balaban J connectivity index is 2.25. The fourth-order valence-electron chi connectivity index (χ4n) is 1.99. The third-order valence-corrected chi connectivity index (χ3v) is 3.08. The molecule has 0 fully saturated rings. The lowest BCUT2D eigenvalue weighted by molar-refractivity contribution is 0.102. The minimum atomic E-state index is -0.219. The van der Waals surface area contributed by atoms with Crippen LogP contribution in [0.15, 0.2) is 41.3 Å². The first-order chi connectivity index (χ1) is 9.51. The van der Waals surface area contributed by atoms with Crippen LogP contribution in [-0.4, -0.2) is 10.5 Å². The van der Waals surface area contributed by atoms with Gasteiger partial charge in [-0.05, 0) is 43.7 Å². The largest absolute Gasteiger partial charge is 0.399 e. The number of carbonyl (C=O) groups is 1. The van der Waals surface area contributed by atoms with E-state index in [9.17, 15) is 9.59 Å². The van der Waals surface area contributed by atoms with Crippen LogP contribution < -0.4 is 16.6 Å². The maximum Gasteiger partial charge on any atom is 0.255 e. The molecule has 5 heteroatoms. The molecule has 0 unspecified atom stereocenters. The van der Waals surface area contributed by atoms with Crippen LogP contribution in [0.5, 0.6) is 0 Å². The second-order valence-electron chi connectivity index (χ2n) is 4.57. The summed E-state index contributed by atoms with van der Waals surface area (Å²) >= 11 is 0. The van der Waals surface area contributed by atoms with Gasteiger partial charge in [-0.1, -0.05) is 0 Å². The second kappa shape index (κ2) is 5.61. The Morgan fingerprint density at radius 3 is 2.70 bits per heavy atom. The molecule has 2 aromatic rings. The predicted octanol–water partition coefficient (Wildman–Crippen LogP) is 2.01. The first-order valence-corrected chi connectivity index (χ1v) is 6.39. The van der Waals surface area contributed by atoms with E-state index in [1.54, 1.807) is 30.5 Å². The highest BCUT2D eigenvalue weighted by Crippen LogP contribution is 2.14. The van der Waals surface area contributed by atoms with Crippen molar-refractivity contribution in [3.63, 3.8) is 0 Å². The van der Waals surface area contributed by atoms with Gasteiger partial charge in [0.25, 0.3) is 11.5 Å². The first kappa shape index (κ1) is 13.9. The number of nitrogen functional groups attached to an aromatic ring is 1. The summed E-state index contributed by atoms with van der Waals surface area (Å²) < 4.78 is 1.53. The number of pyridine rings is 1. The van der Waals surface area contributed by atoms with Gasteiger partial charge >= 0.3 is 0 Å². The summed E-state index contributed by atoms with van der Waals surface area (Å²) in [6, 6.07) is 8.17. The third-order valence-electron chi connectivity index (χ3n) is 3.08. The fraction of sp³-hybridized carbons (Fsp3) is 0.200. The number of nitrogens with one attached hydrogen (secondary N) is 1. The molecule has 1 heterocycles. The van der Waals surface area contributed by atoms with E-state index in [1.807, 2.05) is 13.8 Å². The van der Waals surface area contributed by atoms with Crippen LogP contribution in [0.4, 0.5) is 11.4 Å². The van der Waals surface area contributed by atoms with E-state index in [4.69, 9.17) is 5.73 Å². The van der Waals surface area contributed by atoms with Crippen LogP contribution >= 0.6 is 0 Å². The monoisotopic (exact) mass is 271 g/mol. The number of aryl methyl sites for hydroxylation is 2. The van der Waals surface area contributed by atoms with Crippen LogP contribution in [-0.2, 0) is 6.54 Å². The summed E-state index contributed by atoms with van der Waals surface area (Å²) in [5.41, 5.74) is 8.17. The molecule has 3 N–H and O–H groups in total. The quantitative estimate of drug-likeness (QED) is 0.838. The van der Waals surface area contributed by atoms with Gasteiger partial charge in [-0.2, -0.15) is 0 Å². The topological polar surface area (TPSA) is 77.1 Å². The van der Waals surface area contributed by atoms with Crippen molar-refractivity contribution < 1.29 is 4.79 Å². The van der Waals surface area contributed by atoms with Gasteiger partial charge in [0.2, 0.25) is 0 Å². The maximum atomic E-state index is 12.2. The molecule has 0 saturated heterocycles. The smallest absolute Gasteiger partial charge is 0.255 e. The lowest BCUT2D eigenvalue weighted by Crippen LogP contribution is -2.20. The fourth-order valence-corrected chi connectivity index (χ4v) is 1.99. The highest BCUT2D eigenvalue weighted by Gasteiger charge is 2.09. The van der Waals surface area contributed by atoms with Gasteiger partial charge < -0.3 is 15.6 Å². The van der Waals surface area contributed by atoms with Crippen LogP contribution in [0.1, 0.15) is 22.8 Å². The molecule has 0 spiro atoms. The first-order valence-electron chi connectivity index (χ1n) is 6.39. The van der Waals surface area contributed by atoms with Crippen LogP contribution in [0.3, 0.4) is 0 Å². The molecular formula is C15H17N3O2. The van der Waals surface area contributed by atoms with Gasteiger partial charge in [0.15, 0.2) is 0 Å². The molecule has 1 amide bonds. The average Bonchev–Trinajstić information content (AvgIpc) is 2.40. The van der Waals surface area contributed by atoms with Crippen LogP contribution in [0.2, 0.25) is 0 Å². The number of hydrogen-bond donors (Lipinski definition) is 2. The van der Waals surface area contributed by atoms with Gasteiger partial charge in [-0.15, -0.1) is 0 Å². The summed E-state index contributed by atoms with van der Waals surface area (Å²) in [4.78, 5) is 23.7. The van der Waals surface area contributed by atoms with Crippen molar-refractivity contribution in [3.8, 4) is 0 Å². The van der Waals surface area contributed by atoms with Crippen molar-refractivity contribution in [2.24, 2.45) is 0 Å². The number of carbonyl (C=O) groups excluding carboxylic acids is 1. The number of hydrogen-bond acceptors (Lipinski definition) is 3. The van der Waals surface area contributed by atoms with E-state index in [2.05, 4.69) is 5.32 Å². The van der Waals surface area contributed by atoms with Gasteiger partial charge in [0.1, 0.15) is 0 Å². The summed E-state index contributed by atoms with van der Waals surface area (Å²) in [6.07, 6.45) is 1.63. The molecule has 5 nitrogen and oxygen atoms in total. The van der Waals surface area contributed by atoms with E-state index in [0.29, 0.717) is 23.5 Å². The molecule has 0 radical (unpaired) electrons. The number of nitrogens with two attached hydrogens (primary N) is 1. The van der Waals surface area contributed by atoms with Gasteiger partial charge in [-0.3, -0.25) is 9.59 Å². The zero-order valence-electron chi connectivity index (χ0n) is 11.5. The molecule has 0 saturated carbocycles. The lowest BCUT2D eigenvalue weighted by Gasteiger charge is -2.10. The Morgan fingerprint density at radius 2 is 2.05 bits per heavy atom. The molecule has 20 heavy (non-hydrogen) atoms. The van der Waals surface area contributed by atoms with Crippen molar-refractivity contribution in [2.75, 3.05) is 11.1 Å². The zero-order chi connectivity index (χ0) is 14.7. The van der Waals surface area contributed by atoms with Crippen molar-refractivity contribution in [3.05, 3.63) is 58.0 Å². The number of amides is 1. The van der Waals surface area contributed by atoms with E-state index in [1.165, 1.54) is 10.6 Å². The molecule has 104 valence electrons. The Morgan fingerprint density at radius 1 is 1.30 bits per heavy atom. The highest BCUT2D eigenvalue weighted by atomic mass is 16.1. The molecule has 1 aromatic carbocycles. The number of rotatable bonds is 3. The van der Waals surface area contributed by atoms with Crippen LogP contribution in [0, 0.1) is 6.92 Å². The third kappa shape index (κ3) is 2.88. The summed E-state index contributed by atoms with van der Waals surface area (Å²) in [7, 11) is 0. The minimum absolute atomic E-state index is 0.0887. The minimum Gasteiger partial charge on any atom is -0.399 e. The van der Waals surface area contributed by atoms with Crippen molar-refractivity contribution in [1.29, 1.82) is 0 Å². The molecule has 0 atom stereocenters. The van der Waals surface area contributed by atoms with Crippen LogP contribution in [0.25, 0.3) is 0 Å². The SMILES string of the molecule is CCn1cc(NC(=O)c2ccc(N)cc2C)ccc1=O. The Labute approximate surface area is 117 Å². The molecule has 0 aliphatic carbocycles. The molecule has 0 aliphatic heterocycles. The standard InChI is InChI=1S/C15H17N3O2/c1-3-18-9-12(5-7-14(18)19)17-15(20)13-6-4-11(16)8-10(13)2/h4-9H,3,16H2,1-2H3,(H,17,20). The number of benzene rings is 1. The van der Waals surface area contributed by atoms with E-state index < -0.39 is 0 Å². The van der Waals surface area contributed by atoms with Crippen molar-refractivity contribution >= 4 is 17.3 Å². The summed E-state index contributed by atoms with van der Waals surface area (Å²) in [6.45, 7) is 4.26. The van der Waals surface area contributed by atoms with Crippen molar-refractivity contribution in [1.82, 2.24) is 4.57 Å². The summed E-state index contributed by atoms with van der Waals surface area (Å²) in [5.74, 6) is -0.219. The Hall–Kier alpha value is -2.56. The lowest BCUT2D eigenvalue weighted by atomic mass is 10.1. The molecule has 1 aromatic heterocycles. The maximum absolute atomic E-state index is 12.2. The van der Waals surface area contributed by atoms with E-state index in [0.717, 1.165) is 5.56 Å². The highest BCUT2D eigenvalue weighted by molar-refractivity contribution is 6.05. The van der Waals surface area contributed by atoms with Crippen molar-refractivity contribution in [2.45, 2.75) is 20.4 Å². The number of anilines is 2. The molecule has 2 rings (SSSR count). The predicted molar refractivity (Wildman–Crippen MR) is 79.9 cm³/mol. The van der Waals surface area contributed by atoms with Gasteiger partial charge in [0.05, 0.1) is 5.69 Å². The second-order valence-corrected chi connectivity index (χ2v) is 4.57. The normalized spacial score (nSPS) is 10.3.